The van der Waals surface area contributed by atoms with Crippen LogP contribution >= 0.6 is 11.6 Å². The zero-order valence-corrected chi connectivity index (χ0v) is 9.75. The molecule has 2 aromatic heterocycles. The van der Waals surface area contributed by atoms with Crippen molar-refractivity contribution < 1.29 is 4.74 Å². The van der Waals surface area contributed by atoms with Gasteiger partial charge in [-0.05, 0) is 13.3 Å². The van der Waals surface area contributed by atoms with Crippen LogP contribution in [-0.4, -0.2) is 20.2 Å². The van der Waals surface area contributed by atoms with Crippen LogP contribution in [0.15, 0.2) is 12.4 Å². The average Bonchev–Trinajstić information content (AvgIpc) is 2.64. The van der Waals surface area contributed by atoms with Gasteiger partial charge in [0.05, 0.1) is 5.56 Å². The molecule has 0 spiro atoms. The Hall–Kier alpha value is -1.62. The van der Waals surface area contributed by atoms with Crippen molar-refractivity contribution in [2.24, 2.45) is 0 Å². The summed E-state index contributed by atoms with van der Waals surface area (Å²) in [7, 11) is 0. The molecule has 16 heavy (non-hydrogen) atoms. The predicted octanol–water partition coefficient (Wildman–Crippen LogP) is 2.52. The van der Waals surface area contributed by atoms with Gasteiger partial charge in [0.2, 0.25) is 11.8 Å². The van der Waals surface area contributed by atoms with Gasteiger partial charge in [-0.1, -0.05) is 18.5 Å². The molecular formula is C10H11ClN4O. The molecule has 2 rings (SSSR count). The Bertz CT molecular complexity index is 497. The Morgan fingerprint density at radius 1 is 1.44 bits per heavy atom. The number of aromatic amines is 1. The summed E-state index contributed by atoms with van der Waals surface area (Å²) in [5, 5.41) is 7.17. The van der Waals surface area contributed by atoms with Crippen LogP contribution in [0.25, 0.3) is 0 Å². The second kappa shape index (κ2) is 4.49. The Morgan fingerprint density at radius 3 is 2.88 bits per heavy atom. The van der Waals surface area contributed by atoms with E-state index in [0.29, 0.717) is 23.3 Å². The number of hydrogen-bond acceptors (Lipinski definition) is 4. The first-order valence-corrected chi connectivity index (χ1v) is 5.27. The first kappa shape index (κ1) is 10.9. The summed E-state index contributed by atoms with van der Waals surface area (Å²) in [5.41, 5.74) is 1.71. The maximum absolute atomic E-state index is 5.94. The molecule has 5 nitrogen and oxygen atoms in total. The van der Waals surface area contributed by atoms with Gasteiger partial charge in [-0.15, -0.1) is 5.10 Å². The summed E-state index contributed by atoms with van der Waals surface area (Å²) in [6.45, 7) is 3.86. The Balaban J connectivity index is 2.30. The number of ether oxygens (including phenoxy) is 1. The van der Waals surface area contributed by atoms with E-state index in [0.717, 1.165) is 11.3 Å². The summed E-state index contributed by atoms with van der Waals surface area (Å²) < 4.78 is 5.52. The van der Waals surface area contributed by atoms with E-state index in [9.17, 15) is 0 Å². The summed E-state index contributed by atoms with van der Waals surface area (Å²) in [6, 6.07) is 1.79. The molecule has 0 aliphatic carbocycles. The molecule has 0 amide bonds. The van der Waals surface area contributed by atoms with Gasteiger partial charge in [-0.3, -0.25) is 5.10 Å². The second-order valence-corrected chi connectivity index (χ2v) is 3.65. The lowest BCUT2D eigenvalue weighted by Crippen LogP contribution is -1.96. The Morgan fingerprint density at radius 2 is 2.25 bits per heavy atom. The highest BCUT2D eigenvalue weighted by atomic mass is 35.5. The molecule has 0 saturated carbocycles. The van der Waals surface area contributed by atoms with E-state index in [1.54, 1.807) is 6.07 Å². The molecule has 0 radical (unpaired) electrons. The van der Waals surface area contributed by atoms with Gasteiger partial charge in [-0.25, -0.2) is 9.97 Å². The first-order chi connectivity index (χ1) is 7.70. The highest BCUT2D eigenvalue weighted by Crippen LogP contribution is 2.26. The van der Waals surface area contributed by atoms with Gasteiger partial charge < -0.3 is 4.74 Å². The molecule has 0 aliphatic rings. The maximum Gasteiger partial charge on any atom is 0.240 e. The Labute approximate surface area is 97.8 Å². The van der Waals surface area contributed by atoms with Crippen LogP contribution in [0, 0.1) is 6.92 Å². The van der Waals surface area contributed by atoms with E-state index in [1.807, 2.05) is 13.8 Å². The summed E-state index contributed by atoms with van der Waals surface area (Å²) in [4.78, 5) is 7.95. The van der Waals surface area contributed by atoms with Crippen molar-refractivity contribution in [2.45, 2.75) is 20.3 Å². The number of nitrogens with zero attached hydrogens (tertiary/aromatic N) is 3. The summed E-state index contributed by atoms with van der Waals surface area (Å²) >= 11 is 5.94. The lowest BCUT2D eigenvalue weighted by molar-refractivity contribution is 0.436. The van der Waals surface area contributed by atoms with Gasteiger partial charge in [0, 0.05) is 11.8 Å². The molecule has 6 heteroatoms. The van der Waals surface area contributed by atoms with Crippen molar-refractivity contribution in [3.05, 3.63) is 28.8 Å². The van der Waals surface area contributed by atoms with E-state index in [1.165, 1.54) is 6.33 Å². The van der Waals surface area contributed by atoms with Crippen LogP contribution in [0.2, 0.25) is 5.15 Å². The minimum Gasteiger partial charge on any atom is -0.419 e. The number of rotatable bonds is 3. The monoisotopic (exact) mass is 238 g/mol. The van der Waals surface area contributed by atoms with E-state index in [2.05, 4.69) is 20.2 Å². The molecule has 0 atom stereocenters. The lowest BCUT2D eigenvalue weighted by Gasteiger charge is -2.06. The third-order valence-electron chi connectivity index (χ3n) is 2.09. The highest BCUT2D eigenvalue weighted by molar-refractivity contribution is 6.30. The SMILES string of the molecule is CCc1c(Cl)ncnc1Oc1cc(C)[nH]n1. The van der Waals surface area contributed by atoms with Crippen molar-refractivity contribution in [1.29, 1.82) is 0 Å². The largest absolute Gasteiger partial charge is 0.419 e. The van der Waals surface area contributed by atoms with Crippen LogP contribution in [0.4, 0.5) is 0 Å². The second-order valence-electron chi connectivity index (χ2n) is 3.29. The molecule has 2 heterocycles. The number of H-pyrrole nitrogens is 1. The highest BCUT2D eigenvalue weighted by Gasteiger charge is 2.11. The molecular weight excluding hydrogens is 228 g/mol. The Kier molecular flexibility index (Phi) is 3.05. The fourth-order valence-corrected chi connectivity index (χ4v) is 1.56. The summed E-state index contributed by atoms with van der Waals surface area (Å²) in [5.74, 6) is 0.927. The summed E-state index contributed by atoms with van der Waals surface area (Å²) in [6.07, 6.45) is 2.08. The van der Waals surface area contributed by atoms with Crippen LogP contribution in [0.3, 0.4) is 0 Å². The molecule has 1 N–H and O–H groups in total. The molecule has 0 fully saturated rings. The first-order valence-electron chi connectivity index (χ1n) is 4.90. The van der Waals surface area contributed by atoms with Gasteiger partial charge in [-0.2, -0.15) is 0 Å². The van der Waals surface area contributed by atoms with E-state index in [-0.39, 0.29) is 0 Å². The van der Waals surface area contributed by atoms with E-state index < -0.39 is 0 Å². The molecule has 2 aromatic rings. The maximum atomic E-state index is 5.94. The topological polar surface area (TPSA) is 63.7 Å². The standard InChI is InChI=1S/C10H11ClN4O/c1-3-7-9(11)12-5-13-10(7)16-8-4-6(2)14-15-8/h4-5H,3H2,1-2H3,(H,14,15). The fourth-order valence-electron chi connectivity index (χ4n) is 1.31. The zero-order valence-electron chi connectivity index (χ0n) is 8.99. The van der Waals surface area contributed by atoms with Gasteiger partial charge in [0.1, 0.15) is 11.5 Å². The molecule has 0 aromatic carbocycles. The normalized spacial score (nSPS) is 10.4. The van der Waals surface area contributed by atoms with Crippen LogP contribution in [0.5, 0.6) is 11.8 Å². The number of halogens is 1. The number of aromatic nitrogens is 4. The fraction of sp³-hybridized carbons (Fsp3) is 0.300. The minimum absolute atomic E-state index is 0.416. The quantitative estimate of drug-likeness (QED) is 0.835. The van der Waals surface area contributed by atoms with Crippen molar-refractivity contribution in [3.8, 4) is 11.8 Å². The van der Waals surface area contributed by atoms with Crippen molar-refractivity contribution in [2.75, 3.05) is 0 Å². The van der Waals surface area contributed by atoms with Crippen LogP contribution in [0.1, 0.15) is 18.2 Å². The van der Waals surface area contributed by atoms with E-state index in [4.69, 9.17) is 16.3 Å². The molecule has 84 valence electrons. The van der Waals surface area contributed by atoms with Crippen molar-refractivity contribution >= 4 is 11.6 Å². The molecule has 0 bridgehead atoms. The van der Waals surface area contributed by atoms with Gasteiger partial charge >= 0.3 is 0 Å². The lowest BCUT2D eigenvalue weighted by atomic mass is 10.2. The predicted molar refractivity (Wildman–Crippen MR) is 59.8 cm³/mol. The molecule has 0 aliphatic heterocycles. The minimum atomic E-state index is 0.416. The molecule has 0 unspecified atom stereocenters. The van der Waals surface area contributed by atoms with Crippen LogP contribution < -0.4 is 4.74 Å². The molecule has 0 saturated heterocycles. The zero-order chi connectivity index (χ0) is 11.5. The van der Waals surface area contributed by atoms with Crippen LogP contribution in [-0.2, 0) is 6.42 Å². The smallest absolute Gasteiger partial charge is 0.240 e. The third kappa shape index (κ3) is 2.14. The van der Waals surface area contributed by atoms with Crippen molar-refractivity contribution in [3.63, 3.8) is 0 Å². The van der Waals surface area contributed by atoms with E-state index >= 15 is 0 Å². The number of hydrogen-bond donors (Lipinski definition) is 1. The average molecular weight is 239 g/mol. The number of aryl methyl sites for hydroxylation is 1. The van der Waals surface area contributed by atoms with Gasteiger partial charge in [0.15, 0.2) is 0 Å². The third-order valence-corrected chi connectivity index (χ3v) is 2.42. The number of nitrogens with one attached hydrogen (secondary N) is 1. The van der Waals surface area contributed by atoms with Gasteiger partial charge in [0.25, 0.3) is 0 Å². The van der Waals surface area contributed by atoms with Crippen molar-refractivity contribution in [1.82, 2.24) is 20.2 Å².